The molecule has 28 heavy (non-hydrogen) atoms. The number of halogens is 3. The Morgan fingerprint density at radius 3 is 2.57 bits per heavy atom. The van der Waals surface area contributed by atoms with Gasteiger partial charge in [-0.3, -0.25) is 4.98 Å². The number of carbonyl (C=O) groups is 2. The number of aliphatic carboxylic acids is 1. The summed E-state index contributed by atoms with van der Waals surface area (Å²) in [5, 5.41) is 7.12. The van der Waals surface area contributed by atoms with Crippen LogP contribution in [0.25, 0.3) is 0 Å². The fraction of sp³-hybridized carbons (Fsp3) is 0.588. The van der Waals surface area contributed by atoms with Gasteiger partial charge in [0.1, 0.15) is 11.4 Å². The molecule has 1 aromatic rings. The van der Waals surface area contributed by atoms with Crippen molar-refractivity contribution < 1.29 is 37.3 Å². The summed E-state index contributed by atoms with van der Waals surface area (Å²) in [5.41, 5.74) is -0.214. The van der Waals surface area contributed by atoms with Gasteiger partial charge in [-0.2, -0.15) is 13.2 Å². The van der Waals surface area contributed by atoms with E-state index in [1.165, 1.54) is 0 Å². The second-order valence-corrected chi connectivity index (χ2v) is 6.73. The van der Waals surface area contributed by atoms with Crippen LogP contribution in [-0.2, 0) is 9.53 Å². The number of carboxylic acids is 1. The van der Waals surface area contributed by atoms with Gasteiger partial charge >= 0.3 is 18.2 Å². The van der Waals surface area contributed by atoms with Crippen LogP contribution in [0, 0.1) is 5.92 Å². The molecule has 8 nitrogen and oxygen atoms in total. The number of hydrogen-bond donors (Lipinski definition) is 1. The lowest BCUT2D eigenvalue weighted by Gasteiger charge is -2.50. The number of likely N-dealkylation sites (tertiary alicyclic amines) is 1. The van der Waals surface area contributed by atoms with E-state index in [0.29, 0.717) is 25.6 Å². The highest BCUT2D eigenvalue weighted by atomic mass is 19.4. The molecule has 1 spiro atoms. The molecule has 2 saturated heterocycles. The average molecular weight is 405 g/mol. The average Bonchev–Trinajstić information content (AvgIpc) is 3.02. The van der Waals surface area contributed by atoms with E-state index in [4.69, 9.17) is 19.4 Å². The second-order valence-electron chi connectivity index (χ2n) is 6.73. The van der Waals surface area contributed by atoms with Gasteiger partial charge in [-0.25, -0.2) is 9.59 Å². The highest BCUT2D eigenvalue weighted by molar-refractivity contribution is 5.75. The molecule has 3 rings (SSSR count). The number of amides is 2. The first-order valence-electron chi connectivity index (χ1n) is 8.48. The van der Waals surface area contributed by atoms with E-state index >= 15 is 0 Å². The van der Waals surface area contributed by atoms with Gasteiger partial charge in [-0.05, 0) is 18.6 Å². The van der Waals surface area contributed by atoms with E-state index in [0.717, 1.165) is 18.8 Å². The summed E-state index contributed by atoms with van der Waals surface area (Å²) < 4.78 is 43.5. The molecule has 0 bridgehead atoms. The predicted molar refractivity (Wildman–Crippen MR) is 90.9 cm³/mol. The molecule has 2 amide bonds. The van der Waals surface area contributed by atoms with Crippen LogP contribution in [-0.4, -0.2) is 84.1 Å². The van der Waals surface area contributed by atoms with Gasteiger partial charge in [-0.1, -0.05) is 0 Å². The number of rotatable bonds is 3. The van der Waals surface area contributed by atoms with Gasteiger partial charge in [0.05, 0.1) is 25.9 Å². The lowest BCUT2D eigenvalue weighted by Crippen LogP contribution is -2.68. The van der Waals surface area contributed by atoms with Crippen LogP contribution in [0.3, 0.4) is 0 Å². The molecular formula is C17H22F3N3O5. The molecule has 2 fully saturated rings. The zero-order chi connectivity index (χ0) is 20.9. The molecule has 156 valence electrons. The van der Waals surface area contributed by atoms with Crippen LogP contribution in [0.2, 0.25) is 0 Å². The third-order valence-corrected chi connectivity index (χ3v) is 4.50. The molecular weight excluding hydrogens is 383 g/mol. The maximum atomic E-state index is 11.9. The predicted octanol–water partition coefficient (Wildman–Crippen LogP) is 1.87. The van der Waals surface area contributed by atoms with Crippen molar-refractivity contribution in [1.82, 2.24) is 14.8 Å². The van der Waals surface area contributed by atoms with Crippen LogP contribution in [0.4, 0.5) is 18.0 Å². The SMILES string of the molecule is CN(C)C(=O)N1CC2(C1)OCCC2COc1cccnc1.O=C(O)C(F)(F)F. The number of carboxylic acid groups (broad SMARTS) is 1. The van der Waals surface area contributed by atoms with Crippen molar-refractivity contribution in [3.05, 3.63) is 24.5 Å². The quantitative estimate of drug-likeness (QED) is 0.826. The number of ether oxygens (including phenoxy) is 2. The number of hydrogen-bond acceptors (Lipinski definition) is 5. The van der Waals surface area contributed by atoms with E-state index in [-0.39, 0.29) is 11.6 Å². The van der Waals surface area contributed by atoms with Crippen molar-refractivity contribution >= 4 is 12.0 Å². The highest BCUT2D eigenvalue weighted by Crippen LogP contribution is 2.40. The minimum absolute atomic E-state index is 0.0445. The van der Waals surface area contributed by atoms with Crippen molar-refractivity contribution in [2.45, 2.75) is 18.2 Å². The Balaban J connectivity index is 0.000000345. The van der Waals surface area contributed by atoms with Crippen LogP contribution in [0.1, 0.15) is 6.42 Å². The van der Waals surface area contributed by atoms with Gasteiger partial charge < -0.3 is 24.4 Å². The molecule has 2 aliphatic rings. The Morgan fingerprint density at radius 2 is 2.07 bits per heavy atom. The van der Waals surface area contributed by atoms with Crippen LogP contribution in [0.5, 0.6) is 5.75 Å². The monoisotopic (exact) mass is 405 g/mol. The zero-order valence-electron chi connectivity index (χ0n) is 15.5. The van der Waals surface area contributed by atoms with Crippen LogP contribution >= 0.6 is 0 Å². The van der Waals surface area contributed by atoms with E-state index in [1.807, 2.05) is 17.0 Å². The molecule has 0 saturated carbocycles. The molecule has 2 aliphatic heterocycles. The molecule has 1 atom stereocenters. The summed E-state index contributed by atoms with van der Waals surface area (Å²) >= 11 is 0. The minimum Gasteiger partial charge on any atom is -0.492 e. The number of aromatic nitrogens is 1. The Morgan fingerprint density at radius 1 is 1.43 bits per heavy atom. The van der Waals surface area contributed by atoms with Crippen molar-refractivity contribution in [3.8, 4) is 5.75 Å². The Hall–Kier alpha value is -2.56. The summed E-state index contributed by atoms with van der Waals surface area (Å²) in [4.78, 5) is 28.3. The summed E-state index contributed by atoms with van der Waals surface area (Å²) in [6.45, 7) is 2.66. The smallest absolute Gasteiger partial charge is 0.490 e. The van der Waals surface area contributed by atoms with Crippen molar-refractivity contribution in [1.29, 1.82) is 0 Å². The lowest BCUT2D eigenvalue weighted by atomic mass is 9.81. The van der Waals surface area contributed by atoms with Gasteiger partial charge in [0.2, 0.25) is 0 Å². The first-order chi connectivity index (χ1) is 13.0. The number of carbonyl (C=O) groups excluding carboxylic acids is 1. The number of alkyl halides is 3. The van der Waals surface area contributed by atoms with E-state index in [1.54, 1.807) is 31.4 Å². The van der Waals surface area contributed by atoms with Crippen LogP contribution in [0.15, 0.2) is 24.5 Å². The third kappa shape index (κ3) is 5.24. The first kappa shape index (κ1) is 21.7. The summed E-state index contributed by atoms with van der Waals surface area (Å²) in [7, 11) is 3.54. The normalized spacial score (nSPS) is 20.0. The van der Waals surface area contributed by atoms with E-state index < -0.39 is 12.1 Å². The summed E-state index contributed by atoms with van der Waals surface area (Å²) in [5.74, 6) is -1.66. The summed E-state index contributed by atoms with van der Waals surface area (Å²) in [6.07, 6.45) is -0.668. The molecule has 0 aliphatic carbocycles. The molecule has 1 unspecified atom stereocenters. The number of nitrogens with zero attached hydrogens (tertiary/aromatic N) is 3. The zero-order valence-corrected chi connectivity index (χ0v) is 15.5. The molecule has 1 N–H and O–H groups in total. The maximum Gasteiger partial charge on any atom is 0.490 e. The first-order valence-corrected chi connectivity index (χ1v) is 8.48. The fourth-order valence-corrected chi connectivity index (χ4v) is 3.02. The van der Waals surface area contributed by atoms with E-state index in [2.05, 4.69) is 4.98 Å². The molecule has 3 heterocycles. The second kappa shape index (κ2) is 8.63. The number of pyridine rings is 1. The van der Waals surface area contributed by atoms with Gasteiger partial charge in [0, 0.05) is 32.8 Å². The van der Waals surface area contributed by atoms with Gasteiger partial charge in [0.25, 0.3) is 0 Å². The maximum absolute atomic E-state index is 11.9. The van der Waals surface area contributed by atoms with Crippen molar-refractivity contribution in [2.24, 2.45) is 5.92 Å². The van der Waals surface area contributed by atoms with Crippen molar-refractivity contribution in [2.75, 3.05) is 40.4 Å². The molecule has 1 aromatic heterocycles. The van der Waals surface area contributed by atoms with Gasteiger partial charge in [0.15, 0.2) is 0 Å². The minimum atomic E-state index is -5.08. The topological polar surface area (TPSA) is 92.2 Å². The lowest BCUT2D eigenvalue weighted by molar-refractivity contribution is -0.192. The third-order valence-electron chi connectivity index (χ3n) is 4.50. The van der Waals surface area contributed by atoms with E-state index in [9.17, 15) is 18.0 Å². The Labute approximate surface area is 159 Å². The standard InChI is InChI=1S/C15H21N3O3.C2HF3O2/c1-17(2)14(19)18-10-15(11-18)12(5-7-21-15)9-20-13-4-3-6-16-8-13;3-2(4,5)1(6)7/h3-4,6,8,12H,5,7,9-11H2,1-2H3;(H,6,7). The van der Waals surface area contributed by atoms with Crippen molar-refractivity contribution in [3.63, 3.8) is 0 Å². The summed E-state index contributed by atoms with van der Waals surface area (Å²) in [6, 6.07) is 3.80. The molecule has 0 aromatic carbocycles. The largest absolute Gasteiger partial charge is 0.492 e. The number of urea groups is 1. The Kier molecular flexibility index (Phi) is 6.70. The highest BCUT2D eigenvalue weighted by Gasteiger charge is 2.55. The van der Waals surface area contributed by atoms with Gasteiger partial charge in [-0.15, -0.1) is 0 Å². The molecule has 0 radical (unpaired) electrons. The Bertz CT molecular complexity index is 678. The van der Waals surface area contributed by atoms with Crippen LogP contribution < -0.4 is 4.74 Å². The molecule has 11 heteroatoms. The fourth-order valence-electron chi connectivity index (χ4n) is 3.02.